The molecule has 1 aromatic carbocycles. The fourth-order valence-corrected chi connectivity index (χ4v) is 3.62. The Balaban J connectivity index is 1.93. The molecule has 3 atom stereocenters. The summed E-state index contributed by atoms with van der Waals surface area (Å²) in [5.74, 6) is 0.856. The molecular weight excluding hydrogens is 236 g/mol. The molecule has 0 radical (unpaired) electrons. The van der Waals surface area contributed by atoms with Crippen LogP contribution in [0.5, 0.6) is 0 Å². The van der Waals surface area contributed by atoms with Crippen LogP contribution in [0, 0.1) is 19.8 Å². The number of fused-ring (bicyclic) bond motifs is 1. The summed E-state index contributed by atoms with van der Waals surface area (Å²) in [6, 6.07) is 6.90. The van der Waals surface area contributed by atoms with E-state index in [1.165, 1.54) is 0 Å². The van der Waals surface area contributed by atoms with Crippen LogP contribution >= 0.6 is 0 Å². The zero-order valence-corrected chi connectivity index (χ0v) is 11.9. The average Bonchev–Trinajstić information content (AvgIpc) is 2.91. The van der Waals surface area contributed by atoms with Crippen molar-refractivity contribution in [3.63, 3.8) is 0 Å². The number of carbonyl (C=O) groups excluding carboxylic acids is 1. The quantitative estimate of drug-likeness (QED) is 0.837. The van der Waals surface area contributed by atoms with Gasteiger partial charge in [0.15, 0.2) is 0 Å². The van der Waals surface area contributed by atoms with Crippen molar-refractivity contribution in [3.05, 3.63) is 34.9 Å². The van der Waals surface area contributed by atoms with Gasteiger partial charge in [0.2, 0.25) is 0 Å². The standard InChI is InChI=1S/C16H22N2O/c1-10-4-5-11(2)14(6-10)16(19)18-12(3)7-13-8-17-9-15(13)18/h4-6,12-13,15,17H,7-9H2,1-3H3. The van der Waals surface area contributed by atoms with Crippen LogP contribution in [0.4, 0.5) is 0 Å². The highest BCUT2D eigenvalue weighted by Gasteiger charge is 2.44. The highest BCUT2D eigenvalue weighted by atomic mass is 16.2. The van der Waals surface area contributed by atoms with Crippen molar-refractivity contribution in [2.45, 2.75) is 39.3 Å². The van der Waals surface area contributed by atoms with E-state index >= 15 is 0 Å². The van der Waals surface area contributed by atoms with Gasteiger partial charge >= 0.3 is 0 Å². The van der Waals surface area contributed by atoms with Crippen LogP contribution in [0.15, 0.2) is 18.2 Å². The monoisotopic (exact) mass is 258 g/mol. The van der Waals surface area contributed by atoms with Gasteiger partial charge in [0.1, 0.15) is 0 Å². The van der Waals surface area contributed by atoms with E-state index in [-0.39, 0.29) is 5.91 Å². The first-order valence-corrected chi connectivity index (χ1v) is 7.18. The normalized spacial score (nSPS) is 29.6. The average molecular weight is 258 g/mol. The highest BCUT2D eigenvalue weighted by Crippen LogP contribution is 2.33. The Bertz CT molecular complexity index is 511. The molecule has 0 aromatic heterocycles. The lowest BCUT2D eigenvalue weighted by Gasteiger charge is -2.28. The molecule has 102 valence electrons. The SMILES string of the molecule is Cc1ccc(C)c(C(=O)N2C(C)CC3CNCC32)c1. The number of nitrogens with one attached hydrogen (secondary N) is 1. The van der Waals surface area contributed by atoms with Gasteiger partial charge in [-0.05, 0) is 44.7 Å². The van der Waals surface area contributed by atoms with E-state index in [9.17, 15) is 4.79 Å². The number of rotatable bonds is 1. The van der Waals surface area contributed by atoms with Crippen LogP contribution in [0.25, 0.3) is 0 Å². The van der Waals surface area contributed by atoms with Crippen molar-refractivity contribution < 1.29 is 4.79 Å². The summed E-state index contributed by atoms with van der Waals surface area (Å²) in [4.78, 5) is 15.0. The second kappa shape index (κ2) is 4.64. The van der Waals surface area contributed by atoms with Crippen molar-refractivity contribution in [3.8, 4) is 0 Å². The number of amides is 1. The summed E-state index contributed by atoms with van der Waals surface area (Å²) in [6.07, 6.45) is 1.13. The zero-order valence-electron chi connectivity index (χ0n) is 11.9. The predicted octanol–water partition coefficient (Wildman–Crippen LogP) is 2.13. The third-order valence-corrected chi connectivity index (χ3v) is 4.64. The first kappa shape index (κ1) is 12.7. The minimum absolute atomic E-state index is 0.213. The van der Waals surface area contributed by atoms with Gasteiger partial charge in [-0.25, -0.2) is 0 Å². The molecule has 2 fully saturated rings. The van der Waals surface area contributed by atoms with Crippen molar-refractivity contribution in [1.29, 1.82) is 0 Å². The smallest absolute Gasteiger partial charge is 0.254 e. The molecule has 0 bridgehead atoms. The summed E-state index contributed by atoms with van der Waals surface area (Å²) in [5, 5.41) is 3.41. The number of nitrogens with zero attached hydrogens (tertiary/aromatic N) is 1. The van der Waals surface area contributed by atoms with E-state index in [2.05, 4.69) is 23.2 Å². The minimum atomic E-state index is 0.213. The van der Waals surface area contributed by atoms with Crippen molar-refractivity contribution in [2.75, 3.05) is 13.1 Å². The minimum Gasteiger partial charge on any atom is -0.331 e. The van der Waals surface area contributed by atoms with Crippen LogP contribution in [0.2, 0.25) is 0 Å². The van der Waals surface area contributed by atoms with Gasteiger partial charge in [-0.2, -0.15) is 0 Å². The lowest BCUT2D eigenvalue weighted by Crippen LogP contribution is -2.43. The maximum absolute atomic E-state index is 12.9. The van der Waals surface area contributed by atoms with E-state index < -0.39 is 0 Å². The second-order valence-corrected chi connectivity index (χ2v) is 6.10. The second-order valence-electron chi connectivity index (χ2n) is 6.10. The number of likely N-dealkylation sites (tertiary alicyclic amines) is 1. The first-order valence-electron chi connectivity index (χ1n) is 7.18. The van der Waals surface area contributed by atoms with E-state index in [0.29, 0.717) is 18.0 Å². The van der Waals surface area contributed by atoms with Crippen LogP contribution in [0.1, 0.15) is 34.8 Å². The molecule has 1 N–H and O–H groups in total. The fraction of sp³-hybridized carbons (Fsp3) is 0.562. The Morgan fingerprint density at radius 3 is 2.89 bits per heavy atom. The molecule has 3 rings (SSSR count). The highest BCUT2D eigenvalue weighted by molar-refractivity contribution is 5.96. The Labute approximate surface area is 115 Å². The maximum Gasteiger partial charge on any atom is 0.254 e. The van der Waals surface area contributed by atoms with Gasteiger partial charge in [0.05, 0.1) is 0 Å². The van der Waals surface area contributed by atoms with Crippen molar-refractivity contribution in [1.82, 2.24) is 10.2 Å². The number of benzene rings is 1. The molecule has 3 heteroatoms. The van der Waals surface area contributed by atoms with Gasteiger partial charge in [-0.1, -0.05) is 17.7 Å². The molecule has 0 saturated carbocycles. The third-order valence-electron chi connectivity index (χ3n) is 4.64. The van der Waals surface area contributed by atoms with Gasteiger partial charge < -0.3 is 10.2 Å². The summed E-state index contributed by atoms with van der Waals surface area (Å²) in [7, 11) is 0. The Hall–Kier alpha value is -1.35. The topological polar surface area (TPSA) is 32.3 Å². The number of aryl methyl sites for hydroxylation is 2. The van der Waals surface area contributed by atoms with Crippen LogP contribution in [-0.2, 0) is 0 Å². The first-order chi connectivity index (χ1) is 9.08. The van der Waals surface area contributed by atoms with Gasteiger partial charge in [-0.3, -0.25) is 4.79 Å². The molecule has 0 spiro atoms. The third kappa shape index (κ3) is 2.06. The summed E-state index contributed by atoms with van der Waals surface area (Å²) in [5.41, 5.74) is 3.11. The summed E-state index contributed by atoms with van der Waals surface area (Å²) in [6.45, 7) is 8.26. The molecule has 2 aliphatic heterocycles. The summed E-state index contributed by atoms with van der Waals surface area (Å²) >= 11 is 0. The Kier molecular flexibility index (Phi) is 3.09. The molecule has 2 heterocycles. The van der Waals surface area contributed by atoms with Crippen LogP contribution in [0.3, 0.4) is 0 Å². The lowest BCUT2D eigenvalue weighted by molar-refractivity contribution is 0.0681. The number of hydrogen-bond acceptors (Lipinski definition) is 2. The molecule has 1 aromatic rings. The van der Waals surface area contributed by atoms with E-state index in [1.807, 2.05) is 26.0 Å². The molecule has 3 nitrogen and oxygen atoms in total. The molecule has 2 saturated heterocycles. The molecule has 3 unspecified atom stereocenters. The molecule has 19 heavy (non-hydrogen) atoms. The van der Waals surface area contributed by atoms with Crippen LogP contribution in [-0.4, -0.2) is 36.0 Å². The summed E-state index contributed by atoms with van der Waals surface area (Å²) < 4.78 is 0. The predicted molar refractivity (Wildman–Crippen MR) is 76.3 cm³/mol. The largest absolute Gasteiger partial charge is 0.331 e. The van der Waals surface area contributed by atoms with Gasteiger partial charge in [0.25, 0.3) is 5.91 Å². The maximum atomic E-state index is 12.9. The van der Waals surface area contributed by atoms with Crippen molar-refractivity contribution >= 4 is 5.91 Å². The molecule has 1 amide bonds. The lowest BCUT2D eigenvalue weighted by atomic mass is 10.0. The fourth-order valence-electron chi connectivity index (χ4n) is 3.62. The Morgan fingerprint density at radius 2 is 2.11 bits per heavy atom. The molecule has 2 aliphatic rings. The number of hydrogen-bond donors (Lipinski definition) is 1. The van der Waals surface area contributed by atoms with E-state index in [1.54, 1.807) is 0 Å². The van der Waals surface area contributed by atoms with Gasteiger partial charge in [0, 0.05) is 30.7 Å². The van der Waals surface area contributed by atoms with Crippen molar-refractivity contribution in [2.24, 2.45) is 5.92 Å². The zero-order chi connectivity index (χ0) is 13.6. The number of carbonyl (C=O) groups is 1. The Morgan fingerprint density at radius 1 is 1.32 bits per heavy atom. The van der Waals surface area contributed by atoms with E-state index in [4.69, 9.17) is 0 Å². The van der Waals surface area contributed by atoms with Gasteiger partial charge in [-0.15, -0.1) is 0 Å². The van der Waals surface area contributed by atoms with E-state index in [0.717, 1.165) is 36.2 Å². The van der Waals surface area contributed by atoms with Crippen LogP contribution < -0.4 is 5.32 Å². The molecule has 0 aliphatic carbocycles. The molecular formula is C16H22N2O.